The summed E-state index contributed by atoms with van der Waals surface area (Å²) < 4.78 is 28.0. The van der Waals surface area contributed by atoms with Gasteiger partial charge in [-0.1, -0.05) is 19.9 Å². The SMILES string of the molecule is CC1CC(C)CN(S(=O)(=O)c2cccc(C(=O)N3CCN(c4ncccn4)CC3)c2)C1. The van der Waals surface area contributed by atoms with E-state index in [-0.39, 0.29) is 10.8 Å². The average Bonchev–Trinajstić information content (AvgIpc) is 2.79. The molecule has 2 saturated heterocycles. The van der Waals surface area contributed by atoms with E-state index in [1.807, 2.05) is 4.90 Å². The molecule has 8 nitrogen and oxygen atoms in total. The van der Waals surface area contributed by atoms with Crippen molar-refractivity contribution in [1.29, 1.82) is 0 Å². The van der Waals surface area contributed by atoms with E-state index in [1.54, 1.807) is 45.9 Å². The molecule has 2 aliphatic heterocycles. The first-order chi connectivity index (χ1) is 14.8. The van der Waals surface area contributed by atoms with Gasteiger partial charge < -0.3 is 9.80 Å². The predicted molar refractivity (Wildman–Crippen MR) is 118 cm³/mol. The maximum atomic E-state index is 13.2. The van der Waals surface area contributed by atoms with Crippen LogP contribution in [0.3, 0.4) is 0 Å². The number of amides is 1. The number of hydrogen-bond donors (Lipinski definition) is 0. The van der Waals surface area contributed by atoms with Crippen LogP contribution in [0.1, 0.15) is 30.6 Å². The van der Waals surface area contributed by atoms with Crippen LogP contribution in [0.25, 0.3) is 0 Å². The minimum absolute atomic E-state index is 0.147. The molecule has 0 N–H and O–H groups in total. The lowest BCUT2D eigenvalue weighted by Gasteiger charge is -2.35. The highest BCUT2D eigenvalue weighted by Gasteiger charge is 2.32. The maximum Gasteiger partial charge on any atom is 0.254 e. The first kappa shape index (κ1) is 21.7. The van der Waals surface area contributed by atoms with Crippen LogP contribution >= 0.6 is 0 Å². The maximum absolute atomic E-state index is 13.2. The van der Waals surface area contributed by atoms with Gasteiger partial charge in [0, 0.05) is 57.2 Å². The van der Waals surface area contributed by atoms with E-state index >= 15 is 0 Å². The fourth-order valence-electron chi connectivity index (χ4n) is 4.49. The van der Waals surface area contributed by atoms with Crippen molar-refractivity contribution in [3.63, 3.8) is 0 Å². The number of anilines is 1. The van der Waals surface area contributed by atoms with Crippen LogP contribution in [0.5, 0.6) is 0 Å². The zero-order valence-corrected chi connectivity index (χ0v) is 18.8. The van der Waals surface area contributed by atoms with Crippen LogP contribution in [-0.4, -0.2) is 72.8 Å². The fourth-order valence-corrected chi connectivity index (χ4v) is 6.21. The predicted octanol–water partition coefficient (Wildman–Crippen LogP) is 2.11. The third-order valence-electron chi connectivity index (χ3n) is 5.96. The van der Waals surface area contributed by atoms with Crippen molar-refractivity contribution in [2.75, 3.05) is 44.2 Å². The van der Waals surface area contributed by atoms with Gasteiger partial charge in [-0.3, -0.25) is 4.79 Å². The van der Waals surface area contributed by atoms with Crippen molar-refractivity contribution >= 4 is 21.9 Å². The second kappa shape index (κ2) is 8.92. The quantitative estimate of drug-likeness (QED) is 0.719. The third-order valence-corrected chi connectivity index (χ3v) is 7.78. The van der Waals surface area contributed by atoms with E-state index in [0.717, 1.165) is 6.42 Å². The molecule has 1 aromatic carbocycles. The minimum atomic E-state index is -3.62. The van der Waals surface area contributed by atoms with Gasteiger partial charge in [-0.05, 0) is 42.5 Å². The van der Waals surface area contributed by atoms with Gasteiger partial charge >= 0.3 is 0 Å². The Labute approximate surface area is 183 Å². The summed E-state index contributed by atoms with van der Waals surface area (Å²) in [6.07, 6.45) is 4.44. The molecule has 1 amide bonds. The minimum Gasteiger partial charge on any atom is -0.337 e. The van der Waals surface area contributed by atoms with Crippen molar-refractivity contribution in [2.45, 2.75) is 25.2 Å². The highest BCUT2D eigenvalue weighted by atomic mass is 32.2. The Morgan fingerprint density at radius 1 is 0.968 bits per heavy atom. The highest BCUT2D eigenvalue weighted by Crippen LogP contribution is 2.27. The molecule has 2 aliphatic rings. The van der Waals surface area contributed by atoms with Crippen LogP contribution in [0.4, 0.5) is 5.95 Å². The number of piperazine rings is 1. The molecule has 4 rings (SSSR count). The summed E-state index contributed by atoms with van der Waals surface area (Å²) in [4.78, 5) is 25.6. The van der Waals surface area contributed by atoms with Gasteiger partial charge in [0.25, 0.3) is 5.91 Å². The lowest BCUT2D eigenvalue weighted by Crippen LogP contribution is -2.49. The van der Waals surface area contributed by atoms with Gasteiger partial charge in [0.2, 0.25) is 16.0 Å². The van der Waals surface area contributed by atoms with Gasteiger partial charge in [0.05, 0.1) is 4.90 Å². The van der Waals surface area contributed by atoms with Crippen molar-refractivity contribution in [3.8, 4) is 0 Å². The molecule has 2 fully saturated rings. The summed E-state index contributed by atoms with van der Waals surface area (Å²) in [5.41, 5.74) is 0.406. The third kappa shape index (κ3) is 4.72. The monoisotopic (exact) mass is 443 g/mol. The number of sulfonamides is 1. The molecule has 1 aromatic heterocycles. The van der Waals surface area contributed by atoms with Gasteiger partial charge in [-0.2, -0.15) is 4.31 Å². The molecule has 2 aromatic rings. The summed E-state index contributed by atoms with van der Waals surface area (Å²) in [7, 11) is -3.62. The number of carbonyl (C=O) groups excluding carboxylic acids is 1. The molecule has 0 saturated carbocycles. The Balaban J connectivity index is 1.46. The van der Waals surface area contributed by atoms with E-state index in [1.165, 1.54) is 6.07 Å². The molecule has 166 valence electrons. The number of benzene rings is 1. The number of piperidine rings is 1. The van der Waals surface area contributed by atoms with E-state index in [9.17, 15) is 13.2 Å². The first-order valence-electron chi connectivity index (χ1n) is 10.8. The Morgan fingerprint density at radius 3 is 2.26 bits per heavy atom. The molecule has 9 heteroatoms. The average molecular weight is 444 g/mol. The van der Waals surface area contributed by atoms with Crippen LogP contribution in [0.15, 0.2) is 47.6 Å². The molecule has 0 bridgehead atoms. The van der Waals surface area contributed by atoms with Gasteiger partial charge in [0.15, 0.2) is 0 Å². The highest BCUT2D eigenvalue weighted by molar-refractivity contribution is 7.89. The van der Waals surface area contributed by atoms with Gasteiger partial charge in [-0.15, -0.1) is 0 Å². The largest absolute Gasteiger partial charge is 0.337 e. The van der Waals surface area contributed by atoms with E-state index in [0.29, 0.717) is 62.6 Å². The van der Waals surface area contributed by atoms with E-state index < -0.39 is 10.0 Å². The van der Waals surface area contributed by atoms with Crippen LogP contribution in [0.2, 0.25) is 0 Å². The lowest BCUT2D eigenvalue weighted by atomic mass is 9.94. The Kier molecular flexibility index (Phi) is 6.24. The zero-order valence-electron chi connectivity index (χ0n) is 18.0. The van der Waals surface area contributed by atoms with Crippen molar-refractivity contribution in [1.82, 2.24) is 19.2 Å². The smallest absolute Gasteiger partial charge is 0.254 e. The second-order valence-electron chi connectivity index (χ2n) is 8.62. The topological polar surface area (TPSA) is 86.7 Å². The molecule has 3 heterocycles. The van der Waals surface area contributed by atoms with Gasteiger partial charge in [0.1, 0.15) is 0 Å². The second-order valence-corrected chi connectivity index (χ2v) is 10.6. The van der Waals surface area contributed by atoms with E-state index in [4.69, 9.17) is 0 Å². The van der Waals surface area contributed by atoms with Crippen molar-refractivity contribution < 1.29 is 13.2 Å². The lowest BCUT2D eigenvalue weighted by molar-refractivity contribution is 0.0746. The molecular weight excluding hydrogens is 414 g/mol. The number of nitrogens with zero attached hydrogens (tertiary/aromatic N) is 5. The van der Waals surface area contributed by atoms with E-state index in [2.05, 4.69) is 23.8 Å². The summed E-state index contributed by atoms with van der Waals surface area (Å²) >= 11 is 0. The van der Waals surface area contributed by atoms with Crippen LogP contribution in [0, 0.1) is 11.8 Å². The van der Waals surface area contributed by atoms with Crippen molar-refractivity contribution in [3.05, 3.63) is 48.3 Å². The Morgan fingerprint density at radius 2 is 1.61 bits per heavy atom. The van der Waals surface area contributed by atoms with Crippen molar-refractivity contribution in [2.24, 2.45) is 11.8 Å². The molecule has 2 unspecified atom stereocenters. The van der Waals surface area contributed by atoms with Crippen LogP contribution in [-0.2, 0) is 10.0 Å². The molecular formula is C22H29N5O3S. The number of rotatable bonds is 4. The Hall–Kier alpha value is -2.52. The number of hydrogen-bond acceptors (Lipinski definition) is 6. The fraction of sp³-hybridized carbons (Fsp3) is 0.500. The molecule has 31 heavy (non-hydrogen) atoms. The Bertz CT molecular complexity index is 1010. The molecule has 0 spiro atoms. The summed E-state index contributed by atoms with van der Waals surface area (Å²) in [5.74, 6) is 1.17. The molecule has 0 aliphatic carbocycles. The summed E-state index contributed by atoms with van der Waals surface area (Å²) in [5, 5.41) is 0. The van der Waals surface area contributed by atoms with Gasteiger partial charge in [-0.25, -0.2) is 18.4 Å². The molecule has 2 atom stereocenters. The normalized spacial score (nSPS) is 23.0. The van der Waals surface area contributed by atoms with Crippen LogP contribution < -0.4 is 4.90 Å². The number of carbonyl (C=O) groups is 1. The summed E-state index contributed by atoms with van der Waals surface area (Å²) in [6, 6.07) is 8.23. The standard InChI is InChI=1S/C22H29N5O3S/c1-17-13-18(2)16-27(15-17)31(29,30)20-6-3-5-19(14-20)21(28)25-9-11-26(12-10-25)22-23-7-4-8-24-22/h3-8,14,17-18H,9-13,15-16H2,1-2H3. The first-order valence-corrected chi connectivity index (χ1v) is 12.2. The molecule has 0 radical (unpaired) electrons. The number of aromatic nitrogens is 2. The summed E-state index contributed by atoms with van der Waals surface area (Å²) in [6.45, 7) is 7.55. The zero-order chi connectivity index (χ0) is 22.0.